The fraction of sp³-hybridized carbons (Fsp3) is 0.714. The van der Waals surface area contributed by atoms with Crippen LogP contribution in [0.1, 0.15) is 85.1 Å². The van der Waals surface area contributed by atoms with Gasteiger partial charge in [-0.15, -0.1) is 0 Å². The summed E-state index contributed by atoms with van der Waals surface area (Å²) in [5, 5.41) is 0. The molecule has 0 radical (unpaired) electrons. The largest absolute Gasteiger partial charge is 0.496 e. The van der Waals surface area contributed by atoms with Gasteiger partial charge in [0.05, 0.1) is 11.2 Å². The number of carbonyl (C=O) groups is 1. The molecule has 154 valence electrons. The SMILES string of the molecule is [2H]C1([2H])N(C(=O)OC(C)(C)C)C([2H])([2H])C([2H])([2H])C([2H])(c2ccc(B3OC(C)(C)C(C)(C)O3)cn2)C1([2H])[2H]. The van der Waals surface area contributed by atoms with Crippen LogP contribution in [0.25, 0.3) is 0 Å². The van der Waals surface area contributed by atoms with E-state index in [0.29, 0.717) is 5.46 Å². The number of aromatic nitrogens is 1. The molecule has 6 nitrogen and oxygen atoms in total. The minimum absolute atomic E-state index is 0.225. The quantitative estimate of drug-likeness (QED) is 0.715. The standard InChI is InChI=1S/C21H33BN2O4/c1-19(2,3)26-18(25)24-12-10-15(11-13-24)17-9-8-16(14-23-17)22-27-20(4,5)21(6,7)28-22/h8-9,14-15H,10-13H2,1-7H3/i10D2,11D2,12D2,13D2,15D. The maximum atomic E-state index is 12.9. The third-order valence-electron chi connectivity index (χ3n) is 4.73. The molecule has 0 spiro atoms. The smallest absolute Gasteiger partial charge is 0.444 e. The lowest BCUT2D eigenvalue weighted by molar-refractivity contribution is 0.00578. The number of nitrogens with zero attached hydrogens (tertiary/aromatic N) is 2. The fourth-order valence-electron chi connectivity index (χ4n) is 2.48. The van der Waals surface area contributed by atoms with Gasteiger partial charge in [-0.3, -0.25) is 4.98 Å². The Kier molecular flexibility index (Phi) is 3.19. The Bertz CT molecular complexity index is 1030. The average Bonchev–Trinajstić information content (AvgIpc) is 2.91. The molecule has 7 heteroatoms. The molecule has 3 rings (SSSR count). The summed E-state index contributed by atoms with van der Waals surface area (Å²) in [6.45, 7) is 4.70. The van der Waals surface area contributed by atoms with Crippen LogP contribution in [-0.4, -0.2) is 52.9 Å². The highest BCUT2D eigenvalue weighted by Gasteiger charge is 2.51. The molecule has 0 unspecified atom stereocenters. The second-order valence-electron chi connectivity index (χ2n) is 8.73. The van der Waals surface area contributed by atoms with Gasteiger partial charge in [-0.1, -0.05) is 6.07 Å². The summed E-state index contributed by atoms with van der Waals surface area (Å²) in [6, 6.07) is 2.51. The molecule has 3 heterocycles. The van der Waals surface area contributed by atoms with Crippen molar-refractivity contribution in [3.05, 3.63) is 24.0 Å². The van der Waals surface area contributed by atoms with Crippen LogP contribution in [-0.2, 0) is 14.0 Å². The van der Waals surface area contributed by atoms with Crippen LogP contribution in [0, 0.1) is 0 Å². The molecule has 2 aliphatic heterocycles. The van der Waals surface area contributed by atoms with Crippen molar-refractivity contribution in [2.24, 2.45) is 0 Å². The molecule has 2 fully saturated rings. The first-order valence-corrected chi connectivity index (χ1v) is 9.13. The first kappa shape index (κ1) is 12.2. The molecule has 0 saturated carbocycles. The molecular formula is C21H33BN2O4. The Morgan fingerprint density at radius 3 is 2.29 bits per heavy atom. The molecule has 1 aromatic heterocycles. The Balaban J connectivity index is 2.11. The summed E-state index contributed by atoms with van der Waals surface area (Å²) in [7, 11) is -0.853. The zero-order chi connectivity index (χ0) is 28.8. The van der Waals surface area contributed by atoms with Crippen molar-refractivity contribution >= 4 is 18.7 Å². The second-order valence-corrected chi connectivity index (χ2v) is 8.73. The van der Waals surface area contributed by atoms with Crippen molar-refractivity contribution in [1.29, 1.82) is 0 Å². The predicted molar refractivity (Wildman–Crippen MR) is 110 cm³/mol. The minimum atomic E-state index is -3.52. The monoisotopic (exact) mass is 397 g/mol. The van der Waals surface area contributed by atoms with E-state index in [1.165, 1.54) is 33.0 Å². The first-order chi connectivity index (χ1) is 16.3. The number of hydrogen-bond acceptors (Lipinski definition) is 5. The van der Waals surface area contributed by atoms with Crippen LogP contribution in [0.15, 0.2) is 18.3 Å². The summed E-state index contributed by atoms with van der Waals surface area (Å²) >= 11 is 0. The van der Waals surface area contributed by atoms with Gasteiger partial charge >= 0.3 is 13.2 Å². The number of hydrogen-bond donors (Lipinski definition) is 0. The number of rotatable bonds is 2. The van der Waals surface area contributed by atoms with Gasteiger partial charge in [0.15, 0.2) is 0 Å². The van der Waals surface area contributed by atoms with Gasteiger partial charge in [-0.25, -0.2) is 4.79 Å². The number of carbonyl (C=O) groups excluding carboxylic acids is 1. The van der Waals surface area contributed by atoms with Crippen LogP contribution in [0.2, 0.25) is 0 Å². The Hall–Kier alpha value is -1.60. The van der Waals surface area contributed by atoms with Gasteiger partial charge in [0.2, 0.25) is 0 Å². The Morgan fingerprint density at radius 1 is 1.25 bits per heavy atom. The Morgan fingerprint density at radius 2 is 1.82 bits per heavy atom. The highest BCUT2D eigenvalue weighted by atomic mass is 16.7. The van der Waals surface area contributed by atoms with E-state index in [1.807, 2.05) is 27.7 Å². The van der Waals surface area contributed by atoms with E-state index in [0.717, 1.165) is 6.07 Å². The first-order valence-electron chi connectivity index (χ1n) is 13.6. The van der Waals surface area contributed by atoms with E-state index in [2.05, 4.69) is 4.98 Å². The molecule has 0 N–H and O–H groups in total. The van der Waals surface area contributed by atoms with Crippen LogP contribution < -0.4 is 5.46 Å². The summed E-state index contributed by atoms with van der Waals surface area (Å²) in [5.41, 5.74) is -2.71. The van der Waals surface area contributed by atoms with Crippen molar-refractivity contribution < 1.29 is 31.2 Å². The highest BCUT2D eigenvalue weighted by Crippen LogP contribution is 2.36. The molecular weight excluding hydrogens is 355 g/mol. The predicted octanol–water partition coefficient (Wildman–Crippen LogP) is 3.50. The van der Waals surface area contributed by atoms with Gasteiger partial charge < -0.3 is 18.9 Å². The highest BCUT2D eigenvalue weighted by molar-refractivity contribution is 6.62. The molecule has 28 heavy (non-hydrogen) atoms. The van der Waals surface area contributed by atoms with E-state index in [1.54, 1.807) is 0 Å². The summed E-state index contributed by atoms with van der Waals surface area (Å²) in [6.07, 6.45) is -7.39. The zero-order valence-corrected chi connectivity index (χ0v) is 17.3. The van der Waals surface area contributed by atoms with Gasteiger partial charge in [-0.05, 0) is 67.3 Å². The normalized spacial score (nSPS) is 35.5. The lowest BCUT2D eigenvalue weighted by Gasteiger charge is -2.33. The number of ether oxygens (including phenoxy) is 1. The fourth-order valence-corrected chi connectivity index (χ4v) is 2.48. The molecule has 0 bridgehead atoms. The van der Waals surface area contributed by atoms with Crippen molar-refractivity contribution in [2.75, 3.05) is 13.0 Å². The zero-order valence-electron chi connectivity index (χ0n) is 26.3. The molecule has 2 saturated heterocycles. The van der Waals surface area contributed by atoms with Crippen LogP contribution in [0.5, 0.6) is 0 Å². The van der Waals surface area contributed by atoms with E-state index in [4.69, 9.17) is 26.4 Å². The Labute approximate surface area is 181 Å². The maximum absolute atomic E-state index is 12.9. The molecule has 0 aliphatic carbocycles. The molecule has 0 aromatic carbocycles. The van der Waals surface area contributed by atoms with Crippen LogP contribution in [0.3, 0.4) is 0 Å². The molecule has 1 amide bonds. The minimum Gasteiger partial charge on any atom is -0.444 e. The molecule has 0 atom stereocenters. The second kappa shape index (κ2) is 7.34. The lowest BCUT2D eigenvalue weighted by Crippen LogP contribution is -2.41. The van der Waals surface area contributed by atoms with Crippen molar-refractivity contribution in [3.63, 3.8) is 0 Å². The van der Waals surface area contributed by atoms with Crippen LogP contribution in [0.4, 0.5) is 4.79 Å². The molecule has 1 aromatic rings. The maximum Gasteiger partial charge on any atom is 0.496 e. The van der Waals surface area contributed by atoms with Crippen molar-refractivity contribution in [2.45, 2.75) is 83.9 Å². The van der Waals surface area contributed by atoms with Gasteiger partial charge in [-0.2, -0.15) is 0 Å². The summed E-state index contributed by atoms with van der Waals surface area (Å²) < 4.78 is 94.1. The third kappa shape index (κ3) is 4.52. The third-order valence-corrected chi connectivity index (χ3v) is 4.73. The number of likely N-dealkylation sites (tertiary alicyclic amines) is 1. The van der Waals surface area contributed by atoms with Crippen molar-refractivity contribution in [3.8, 4) is 0 Å². The summed E-state index contributed by atoms with van der Waals surface area (Å²) in [4.78, 5) is 16.7. The number of piperidine rings is 1. The van der Waals surface area contributed by atoms with E-state index >= 15 is 0 Å². The number of amides is 1. The van der Waals surface area contributed by atoms with Crippen LogP contribution >= 0.6 is 0 Å². The molecule has 2 aliphatic rings. The van der Waals surface area contributed by atoms with Crippen molar-refractivity contribution in [1.82, 2.24) is 9.88 Å². The van der Waals surface area contributed by atoms with Gasteiger partial charge in [0, 0.05) is 48.6 Å². The topological polar surface area (TPSA) is 60.9 Å². The van der Waals surface area contributed by atoms with Gasteiger partial charge in [0.1, 0.15) is 5.60 Å². The summed E-state index contributed by atoms with van der Waals surface area (Å²) in [5.74, 6) is -3.24. The van der Waals surface area contributed by atoms with E-state index < -0.39 is 67.3 Å². The van der Waals surface area contributed by atoms with E-state index in [9.17, 15) is 4.79 Å². The average molecular weight is 397 g/mol. The van der Waals surface area contributed by atoms with Gasteiger partial charge in [0.25, 0.3) is 0 Å². The number of pyridine rings is 1. The van der Waals surface area contributed by atoms with E-state index in [-0.39, 0.29) is 4.90 Å². The lowest BCUT2D eigenvalue weighted by atomic mass is 9.80.